The summed E-state index contributed by atoms with van der Waals surface area (Å²) in [6.07, 6.45) is 5.03. The standard InChI is InChI=1S/C13H11N3O4S/c1-3-4-8(13(17)18)15-9-5-10-12(21-7(2)14-10)6-11(9)16(19)20/h1,5-6,8,15H,4H2,2H3,(H,17,18). The molecule has 0 aliphatic carbocycles. The summed E-state index contributed by atoms with van der Waals surface area (Å²) in [7, 11) is 0. The number of nitro benzene ring substituents is 1. The Morgan fingerprint density at radius 1 is 1.67 bits per heavy atom. The number of aromatic nitrogens is 1. The van der Waals surface area contributed by atoms with Gasteiger partial charge in [-0.15, -0.1) is 23.7 Å². The van der Waals surface area contributed by atoms with Crippen molar-refractivity contribution in [2.45, 2.75) is 19.4 Å². The van der Waals surface area contributed by atoms with E-state index in [0.29, 0.717) is 10.2 Å². The summed E-state index contributed by atoms with van der Waals surface area (Å²) in [5, 5.41) is 23.6. The van der Waals surface area contributed by atoms with Gasteiger partial charge in [0.15, 0.2) is 0 Å². The zero-order valence-electron chi connectivity index (χ0n) is 11.0. The highest BCUT2D eigenvalue weighted by atomic mass is 32.1. The lowest BCUT2D eigenvalue weighted by Crippen LogP contribution is -2.29. The van der Waals surface area contributed by atoms with Crippen LogP contribution in [0.4, 0.5) is 11.4 Å². The summed E-state index contributed by atoms with van der Waals surface area (Å²) < 4.78 is 0.675. The first-order valence-electron chi connectivity index (χ1n) is 5.90. The number of carbonyl (C=O) groups is 1. The number of anilines is 1. The van der Waals surface area contributed by atoms with Crippen LogP contribution in [0.1, 0.15) is 11.4 Å². The summed E-state index contributed by atoms with van der Waals surface area (Å²) >= 11 is 1.34. The van der Waals surface area contributed by atoms with E-state index in [1.54, 1.807) is 6.92 Å². The molecular weight excluding hydrogens is 294 g/mol. The topological polar surface area (TPSA) is 105 Å². The molecule has 0 fully saturated rings. The second-order valence-corrected chi connectivity index (χ2v) is 5.51. The monoisotopic (exact) mass is 305 g/mol. The van der Waals surface area contributed by atoms with E-state index in [0.717, 1.165) is 5.01 Å². The SMILES string of the molecule is C#CCC(Nc1cc2nc(C)sc2cc1[N+](=O)[O-])C(=O)O. The Labute approximate surface area is 123 Å². The molecule has 8 heteroatoms. The van der Waals surface area contributed by atoms with Gasteiger partial charge in [0, 0.05) is 12.5 Å². The van der Waals surface area contributed by atoms with Gasteiger partial charge in [-0.1, -0.05) is 0 Å². The Morgan fingerprint density at radius 2 is 2.38 bits per heavy atom. The maximum Gasteiger partial charge on any atom is 0.327 e. The van der Waals surface area contributed by atoms with E-state index >= 15 is 0 Å². The lowest BCUT2D eigenvalue weighted by Gasteiger charge is -2.13. The van der Waals surface area contributed by atoms with E-state index in [9.17, 15) is 14.9 Å². The van der Waals surface area contributed by atoms with Crippen LogP contribution in [0.15, 0.2) is 12.1 Å². The number of nitro groups is 1. The number of thiazole rings is 1. The number of carboxylic acid groups (broad SMARTS) is 1. The molecule has 0 aliphatic rings. The minimum Gasteiger partial charge on any atom is -0.480 e. The van der Waals surface area contributed by atoms with Crippen molar-refractivity contribution in [1.82, 2.24) is 4.98 Å². The number of hydrogen-bond acceptors (Lipinski definition) is 6. The molecule has 2 N–H and O–H groups in total. The Morgan fingerprint density at radius 3 is 2.95 bits per heavy atom. The molecule has 0 spiro atoms. The van der Waals surface area contributed by atoms with Gasteiger partial charge in [0.1, 0.15) is 11.7 Å². The van der Waals surface area contributed by atoms with Gasteiger partial charge in [0.25, 0.3) is 5.69 Å². The molecule has 1 aromatic heterocycles. The number of nitrogens with one attached hydrogen (secondary N) is 1. The van der Waals surface area contributed by atoms with Crippen LogP contribution in [0.2, 0.25) is 0 Å². The van der Waals surface area contributed by atoms with E-state index in [1.807, 2.05) is 0 Å². The number of rotatable bonds is 5. The average molecular weight is 305 g/mol. The van der Waals surface area contributed by atoms with Crippen LogP contribution in [0.25, 0.3) is 10.2 Å². The molecule has 108 valence electrons. The smallest absolute Gasteiger partial charge is 0.327 e. The van der Waals surface area contributed by atoms with Gasteiger partial charge in [-0.05, 0) is 13.0 Å². The molecule has 0 amide bonds. The zero-order chi connectivity index (χ0) is 15.6. The van der Waals surface area contributed by atoms with Crippen LogP contribution in [0.5, 0.6) is 0 Å². The normalized spacial score (nSPS) is 11.8. The fourth-order valence-electron chi connectivity index (χ4n) is 1.85. The maximum absolute atomic E-state index is 11.1. The number of hydrogen-bond donors (Lipinski definition) is 2. The molecule has 1 atom stereocenters. The number of carboxylic acids is 1. The highest BCUT2D eigenvalue weighted by Crippen LogP contribution is 2.33. The number of aliphatic carboxylic acids is 1. The second kappa shape index (κ2) is 5.76. The molecule has 1 heterocycles. The van der Waals surface area contributed by atoms with Crippen LogP contribution >= 0.6 is 11.3 Å². The Balaban J connectivity index is 2.50. The third-order valence-corrected chi connectivity index (χ3v) is 3.69. The van der Waals surface area contributed by atoms with Gasteiger partial charge >= 0.3 is 5.97 Å². The van der Waals surface area contributed by atoms with Gasteiger partial charge in [-0.3, -0.25) is 10.1 Å². The number of aryl methyl sites for hydroxylation is 1. The summed E-state index contributed by atoms with van der Waals surface area (Å²) in [5.74, 6) is 1.06. The molecule has 1 unspecified atom stereocenters. The number of nitrogens with zero attached hydrogens (tertiary/aromatic N) is 2. The lowest BCUT2D eigenvalue weighted by atomic mass is 10.2. The van der Waals surface area contributed by atoms with Crippen molar-refractivity contribution in [2.75, 3.05) is 5.32 Å². The zero-order valence-corrected chi connectivity index (χ0v) is 11.8. The first kappa shape index (κ1) is 14.7. The van der Waals surface area contributed by atoms with Crippen molar-refractivity contribution in [3.63, 3.8) is 0 Å². The molecule has 2 aromatic rings. The highest BCUT2D eigenvalue weighted by molar-refractivity contribution is 7.18. The number of fused-ring (bicyclic) bond motifs is 1. The maximum atomic E-state index is 11.1. The van der Waals surface area contributed by atoms with E-state index in [2.05, 4.69) is 16.2 Å². The highest BCUT2D eigenvalue weighted by Gasteiger charge is 2.23. The van der Waals surface area contributed by atoms with Crippen molar-refractivity contribution in [3.8, 4) is 12.3 Å². The molecule has 7 nitrogen and oxygen atoms in total. The fraction of sp³-hybridized carbons (Fsp3) is 0.231. The molecule has 0 radical (unpaired) electrons. The van der Waals surface area contributed by atoms with Crippen LogP contribution < -0.4 is 5.32 Å². The van der Waals surface area contributed by atoms with Gasteiger partial charge in [-0.25, -0.2) is 9.78 Å². The molecule has 0 saturated carbocycles. The van der Waals surface area contributed by atoms with E-state index in [1.165, 1.54) is 23.5 Å². The first-order chi connectivity index (χ1) is 9.92. The molecule has 1 aromatic carbocycles. The summed E-state index contributed by atoms with van der Waals surface area (Å²) in [6, 6.07) is 1.77. The molecule has 21 heavy (non-hydrogen) atoms. The molecule has 0 bridgehead atoms. The average Bonchev–Trinajstić information content (AvgIpc) is 2.76. The van der Waals surface area contributed by atoms with E-state index in [4.69, 9.17) is 11.5 Å². The van der Waals surface area contributed by atoms with Crippen LogP contribution in [-0.4, -0.2) is 27.0 Å². The van der Waals surface area contributed by atoms with E-state index in [-0.39, 0.29) is 17.8 Å². The van der Waals surface area contributed by atoms with Crippen LogP contribution in [-0.2, 0) is 4.79 Å². The summed E-state index contributed by atoms with van der Waals surface area (Å²) in [5.41, 5.74) is 0.477. The van der Waals surface area contributed by atoms with Crippen molar-refractivity contribution < 1.29 is 14.8 Å². The van der Waals surface area contributed by atoms with Crippen molar-refractivity contribution in [2.24, 2.45) is 0 Å². The third-order valence-electron chi connectivity index (χ3n) is 2.76. The van der Waals surface area contributed by atoms with Gasteiger partial charge in [0.2, 0.25) is 0 Å². The molecule has 2 rings (SSSR count). The molecule has 0 aliphatic heterocycles. The van der Waals surface area contributed by atoms with Crippen molar-refractivity contribution in [1.29, 1.82) is 0 Å². The number of benzene rings is 1. The summed E-state index contributed by atoms with van der Waals surface area (Å²) in [6.45, 7) is 1.79. The molecular formula is C13H11N3O4S. The quantitative estimate of drug-likeness (QED) is 0.499. The minimum atomic E-state index is -1.17. The van der Waals surface area contributed by atoms with Crippen molar-refractivity contribution in [3.05, 3.63) is 27.3 Å². The van der Waals surface area contributed by atoms with Crippen LogP contribution in [0.3, 0.4) is 0 Å². The van der Waals surface area contributed by atoms with E-state index < -0.39 is 16.9 Å². The lowest BCUT2D eigenvalue weighted by molar-refractivity contribution is -0.383. The fourth-order valence-corrected chi connectivity index (χ4v) is 2.69. The Hall–Kier alpha value is -2.66. The van der Waals surface area contributed by atoms with Gasteiger partial charge in [0.05, 0.1) is 20.1 Å². The summed E-state index contributed by atoms with van der Waals surface area (Å²) in [4.78, 5) is 25.9. The van der Waals surface area contributed by atoms with Crippen LogP contribution in [0, 0.1) is 29.4 Å². The van der Waals surface area contributed by atoms with Crippen molar-refractivity contribution >= 4 is 38.9 Å². The minimum absolute atomic E-state index is 0.0827. The van der Waals surface area contributed by atoms with Gasteiger partial charge in [-0.2, -0.15) is 0 Å². The second-order valence-electron chi connectivity index (χ2n) is 4.27. The molecule has 0 saturated heterocycles. The largest absolute Gasteiger partial charge is 0.480 e. The third kappa shape index (κ3) is 3.09. The Kier molecular flexibility index (Phi) is 4.05. The predicted molar refractivity (Wildman–Crippen MR) is 79.5 cm³/mol. The first-order valence-corrected chi connectivity index (χ1v) is 6.72. The number of terminal acetylenes is 1. The Bertz CT molecular complexity index is 763. The predicted octanol–water partition coefficient (Wildman–Crippen LogP) is 2.40. The van der Waals surface area contributed by atoms with Gasteiger partial charge < -0.3 is 10.4 Å².